The highest BCUT2D eigenvalue weighted by Gasteiger charge is 2.30. The first kappa shape index (κ1) is 20.4. The van der Waals surface area contributed by atoms with E-state index >= 15 is 0 Å². The second-order valence-corrected chi connectivity index (χ2v) is 8.27. The number of aromatic amines is 1. The van der Waals surface area contributed by atoms with Crippen LogP contribution in [0.1, 0.15) is 28.0 Å². The number of pyridine rings is 3. The maximum absolute atomic E-state index is 12.0. The van der Waals surface area contributed by atoms with Gasteiger partial charge in [-0.3, -0.25) is 9.69 Å². The number of H-pyrrole nitrogens is 1. The molecule has 3 aromatic rings. The van der Waals surface area contributed by atoms with Crippen LogP contribution in [0.4, 0.5) is 5.69 Å². The Morgan fingerprint density at radius 2 is 2.16 bits per heavy atom. The standard InChI is InChI=1S/C23H25N5O4/c1-14-9-19-20(25-21(14)29)10-15-12-27-6-7-28(13-17(27)5-8-32-22(15)26-19)16-3-4-18(24-11-16)23(30)31-2/h3-4,9-11,17H,5-8,12-13H2,1-2H3,(H,25,29)/t17-/m1/s1. The Labute approximate surface area is 185 Å². The molecule has 1 atom stereocenters. The number of methoxy groups -OCH3 is 1. The van der Waals surface area contributed by atoms with Crippen LogP contribution in [0.15, 0.2) is 35.3 Å². The highest BCUT2D eigenvalue weighted by molar-refractivity contribution is 5.87. The molecule has 0 spiro atoms. The Balaban J connectivity index is 1.36. The van der Waals surface area contributed by atoms with Crippen molar-refractivity contribution in [3.05, 3.63) is 57.6 Å². The van der Waals surface area contributed by atoms with E-state index in [0.29, 0.717) is 36.3 Å². The highest BCUT2D eigenvalue weighted by atomic mass is 16.5. The minimum atomic E-state index is -0.435. The summed E-state index contributed by atoms with van der Waals surface area (Å²) in [6.45, 7) is 5.64. The lowest BCUT2D eigenvalue weighted by molar-refractivity contribution is 0.0594. The second kappa shape index (κ2) is 8.23. The van der Waals surface area contributed by atoms with Gasteiger partial charge in [-0.15, -0.1) is 0 Å². The molecule has 9 nitrogen and oxygen atoms in total. The number of aryl methyl sites for hydroxylation is 1. The number of nitrogens with one attached hydrogen (secondary N) is 1. The summed E-state index contributed by atoms with van der Waals surface area (Å²) in [5, 5.41) is 0. The predicted octanol–water partition coefficient (Wildman–Crippen LogP) is 1.89. The van der Waals surface area contributed by atoms with E-state index in [2.05, 4.69) is 24.8 Å². The van der Waals surface area contributed by atoms with Gasteiger partial charge in [0.1, 0.15) is 5.69 Å². The molecule has 0 radical (unpaired) electrons. The smallest absolute Gasteiger partial charge is 0.356 e. The molecule has 5 rings (SSSR count). The number of ether oxygens (including phenoxy) is 2. The van der Waals surface area contributed by atoms with E-state index in [9.17, 15) is 9.59 Å². The Hall–Kier alpha value is -3.46. The topological polar surface area (TPSA) is 101 Å². The van der Waals surface area contributed by atoms with Crippen molar-refractivity contribution in [3.8, 4) is 5.88 Å². The van der Waals surface area contributed by atoms with Crippen LogP contribution in [-0.2, 0) is 11.3 Å². The van der Waals surface area contributed by atoms with Crippen LogP contribution in [-0.4, -0.2) is 65.2 Å². The second-order valence-electron chi connectivity index (χ2n) is 8.27. The van der Waals surface area contributed by atoms with Crippen molar-refractivity contribution in [2.75, 3.05) is 38.3 Å². The van der Waals surface area contributed by atoms with E-state index in [1.54, 1.807) is 25.3 Å². The molecule has 32 heavy (non-hydrogen) atoms. The number of anilines is 1. The Bertz CT molecular complexity index is 1220. The molecule has 2 aliphatic heterocycles. The molecule has 0 saturated carbocycles. The minimum Gasteiger partial charge on any atom is -0.477 e. The van der Waals surface area contributed by atoms with Gasteiger partial charge in [0.15, 0.2) is 0 Å². The molecule has 1 fully saturated rings. The average molecular weight is 435 g/mol. The van der Waals surface area contributed by atoms with Gasteiger partial charge in [0.25, 0.3) is 5.56 Å². The van der Waals surface area contributed by atoms with E-state index in [1.165, 1.54) is 7.11 Å². The molecule has 0 amide bonds. The minimum absolute atomic E-state index is 0.0932. The fourth-order valence-corrected chi connectivity index (χ4v) is 4.41. The molecule has 0 bridgehead atoms. The van der Waals surface area contributed by atoms with Gasteiger partial charge in [-0.25, -0.2) is 14.8 Å². The summed E-state index contributed by atoms with van der Waals surface area (Å²) in [6.07, 6.45) is 2.61. The fraction of sp³-hybridized carbons (Fsp3) is 0.391. The lowest BCUT2D eigenvalue weighted by Gasteiger charge is -2.43. The number of hydrogen-bond donors (Lipinski definition) is 1. The van der Waals surface area contributed by atoms with E-state index in [1.807, 2.05) is 12.1 Å². The van der Waals surface area contributed by atoms with Gasteiger partial charge < -0.3 is 19.4 Å². The quantitative estimate of drug-likeness (QED) is 0.609. The largest absolute Gasteiger partial charge is 0.477 e. The van der Waals surface area contributed by atoms with Crippen molar-refractivity contribution < 1.29 is 14.3 Å². The summed E-state index contributed by atoms with van der Waals surface area (Å²) in [5.41, 5.74) is 4.30. The monoisotopic (exact) mass is 435 g/mol. The van der Waals surface area contributed by atoms with Crippen LogP contribution in [0.5, 0.6) is 5.88 Å². The molecule has 9 heteroatoms. The van der Waals surface area contributed by atoms with Gasteiger partial charge in [-0.05, 0) is 37.6 Å². The zero-order valence-electron chi connectivity index (χ0n) is 18.1. The number of aromatic nitrogens is 3. The number of carbonyl (C=O) groups is 1. The van der Waals surface area contributed by atoms with Gasteiger partial charge in [0, 0.05) is 43.3 Å². The molecule has 3 aromatic heterocycles. The van der Waals surface area contributed by atoms with Crippen molar-refractivity contribution in [1.82, 2.24) is 19.9 Å². The van der Waals surface area contributed by atoms with Crippen LogP contribution in [0, 0.1) is 6.92 Å². The molecular formula is C23H25N5O4. The average Bonchev–Trinajstić information content (AvgIpc) is 2.79. The SMILES string of the molecule is COC(=O)c1ccc(N2CCN3Cc4cc5[nH]c(=O)c(C)cc5nc4OCC[C@@H]3C2)cn1. The lowest BCUT2D eigenvalue weighted by Crippen LogP contribution is -2.53. The lowest BCUT2D eigenvalue weighted by atomic mass is 10.1. The molecule has 1 saturated heterocycles. The Morgan fingerprint density at radius 3 is 2.94 bits per heavy atom. The van der Waals surface area contributed by atoms with E-state index in [-0.39, 0.29) is 5.56 Å². The summed E-state index contributed by atoms with van der Waals surface area (Å²) in [6, 6.07) is 7.72. The molecule has 5 heterocycles. The number of rotatable bonds is 2. The first-order valence-corrected chi connectivity index (χ1v) is 10.7. The van der Waals surface area contributed by atoms with Crippen molar-refractivity contribution in [3.63, 3.8) is 0 Å². The third kappa shape index (κ3) is 3.80. The van der Waals surface area contributed by atoms with Gasteiger partial charge in [-0.2, -0.15) is 0 Å². The third-order valence-electron chi connectivity index (χ3n) is 6.23. The van der Waals surface area contributed by atoms with E-state index in [0.717, 1.165) is 48.3 Å². The summed E-state index contributed by atoms with van der Waals surface area (Å²) < 4.78 is 10.8. The van der Waals surface area contributed by atoms with Gasteiger partial charge in [0.05, 0.1) is 36.6 Å². The molecule has 1 N–H and O–H groups in total. The van der Waals surface area contributed by atoms with Crippen LogP contribution in [0.25, 0.3) is 11.0 Å². The van der Waals surface area contributed by atoms with Crippen molar-refractivity contribution >= 4 is 22.7 Å². The zero-order chi connectivity index (χ0) is 22.2. The maximum atomic E-state index is 12.0. The van der Waals surface area contributed by atoms with Crippen molar-refractivity contribution in [1.29, 1.82) is 0 Å². The number of nitrogens with zero attached hydrogens (tertiary/aromatic N) is 4. The molecular weight excluding hydrogens is 410 g/mol. The summed E-state index contributed by atoms with van der Waals surface area (Å²) in [7, 11) is 1.35. The number of carbonyl (C=O) groups excluding carboxylic acids is 1. The number of fused-ring (bicyclic) bond motifs is 3. The third-order valence-corrected chi connectivity index (χ3v) is 6.23. The molecule has 2 aliphatic rings. The summed E-state index contributed by atoms with van der Waals surface area (Å²) in [4.78, 5) is 40.2. The van der Waals surface area contributed by atoms with Gasteiger partial charge in [-0.1, -0.05) is 0 Å². The number of esters is 1. The highest BCUT2D eigenvalue weighted by Crippen LogP contribution is 2.28. The van der Waals surface area contributed by atoms with Crippen LogP contribution >= 0.6 is 0 Å². The van der Waals surface area contributed by atoms with Crippen LogP contribution in [0.2, 0.25) is 0 Å². The zero-order valence-corrected chi connectivity index (χ0v) is 18.1. The molecule has 0 aliphatic carbocycles. The van der Waals surface area contributed by atoms with Gasteiger partial charge >= 0.3 is 5.97 Å². The maximum Gasteiger partial charge on any atom is 0.356 e. The van der Waals surface area contributed by atoms with Crippen molar-refractivity contribution in [2.45, 2.75) is 25.9 Å². The normalized spacial score (nSPS) is 18.8. The van der Waals surface area contributed by atoms with Crippen LogP contribution < -0.4 is 15.2 Å². The summed E-state index contributed by atoms with van der Waals surface area (Å²) >= 11 is 0. The Kier molecular flexibility index (Phi) is 5.26. The van der Waals surface area contributed by atoms with Crippen molar-refractivity contribution in [2.24, 2.45) is 0 Å². The first-order chi connectivity index (χ1) is 15.5. The fourth-order valence-electron chi connectivity index (χ4n) is 4.41. The van der Waals surface area contributed by atoms with Crippen LogP contribution in [0.3, 0.4) is 0 Å². The molecule has 166 valence electrons. The molecule has 0 aromatic carbocycles. The number of hydrogen-bond acceptors (Lipinski definition) is 8. The number of piperazine rings is 1. The summed E-state index contributed by atoms with van der Waals surface area (Å²) in [5.74, 6) is 0.210. The molecule has 0 unspecified atom stereocenters. The van der Waals surface area contributed by atoms with E-state index < -0.39 is 5.97 Å². The van der Waals surface area contributed by atoms with Gasteiger partial charge in [0.2, 0.25) is 5.88 Å². The first-order valence-electron chi connectivity index (χ1n) is 10.7. The Morgan fingerprint density at radius 1 is 1.28 bits per heavy atom. The predicted molar refractivity (Wildman–Crippen MR) is 119 cm³/mol. The van der Waals surface area contributed by atoms with E-state index in [4.69, 9.17) is 9.47 Å².